The van der Waals surface area contributed by atoms with Gasteiger partial charge in [0.25, 0.3) is 0 Å². The van der Waals surface area contributed by atoms with Crippen LogP contribution in [0.2, 0.25) is 0 Å². The largest absolute Gasteiger partial charge is 0.508 e. The van der Waals surface area contributed by atoms with Crippen LogP contribution in [0.3, 0.4) is 0 Å². The smallest absolute Gasteiger partial charge is 0.139 e. The minimum absolute atomic E-state index is 0.192. The molecule has 0 saturated carbocycles. The van der Waals surface area contributed by atoms with Crippen LogP contribution in [0.5, 0.6) is 5.75 Å². The van der Waals surface area contributed by atoms with Crippen molar-refractivity contribution in [3.63, 3.8) is 0 Å². The molecule has 1 heterocycles. The van der Waals surface area contributed by atoms with Gasteiger partial charge in [-0.25, -0.2) is 0 Å². The van der Waals surface area contributed by atoms with Crippen LogP contribution >= 0.6 is 0 Å². The van der Waals surface area contributed by atoms with Crippen LogP contribution < -0.4 is 5.36 Å². The third-order valence-corrected chi connectivity index (χ3v) is 3.23. The van der Waals surface area contributed by atoms with Gasteiger partial charge in [-0.05, 0) is 42.8 Å². The molecule has 2 aromatic carbocycles. The summed E-state index contributed by atoms with van der Waals surface area (Å²) in [6.45, 7) is 1.94. The molecule has 4 heteroatoms. The number of phenols is 1. The summed E-state index contributed by atoms with van der Waals surface area (Å²) in [7, 11) is 0. The molecule has 0 aliphatic heterocycles. The van der Waals surface area contributed by atoms with E-state index in [0.29, 0.717) is 16.7 Å². The number of para-hydroxylation sites is 1. The van der Waals surface area contributed by atoms with Gasteiger partial charge in [0.1, 0.15) is 22.5 Å². The number of nitrogens with zero attached hydrogens (tertiary/aromatic N) is 1. The molecule has 3 aromatic rings. The van der Waals surface area contributed by atoms with E-state index in [0.717, 1.165) is 16.5 Å². The Kier molecular flexibility index (Phi) is 2.91. The Morgan fingerprint density at radius 2 is 1.80 bits per heavy atom. The van der Waals surface area contributed by atoms with Crippen molar-refractivity contribution in [2.45, 2.75) is 6.92 Å². The molecule has 2 N–H and O–H groups in total. The molecular formula is C16H13NO3. The van der Waals surface area contributed by atoms with Gasteiger partial charge in [-0.2, -0.15) is 0 Å². The lowest BCUT2D eigenvalue weighted by Gasteiger charge is -2.06. The number of fused-ring (bicyclic) bond motifs is 1. The Balaban J connectivity index is 2.33. The van der Waals surface area contributed by atoms with Gasteiger partial charge in [0.2, 0.25) is 0 Å². The van der Waals surface area contributed by atoms with E-state index in [1.54, 1.807) is 30.3 Å². The standard InChI is InChI=1S/C16H13NO3/c1-10-3-2-4-13-14(17-19)9-15(20-16(10)13)11-5-7-12(18)8-6-11/h2-9,18-19H,1H3/b17-14+. The molecule has 0 atom stereocenters. The van der Waals surface area contributed by atoms with Crippen LogP contribution in [-0.4, -0.2) is 10.3 Å². The van der Waals surface area contributed by atoms with Crippen molar-refractivity contribution in [1.82, 2.24) is 0 Å². The summed E-state index contributed by atoms with van der Waals surface area (Å²) in [5.41, 5.74) is 2.46. The Bertz CT molecular complexity index is 832. The SMILES string of the molecule is Cc1cccc2/c(=N/O)cc(-c3ccc(O)cc3)oc12. The van der Waals surface area contributed by atoms with E-state index in [2.05, 4.69) is 5.16 Å². The zero-order valence-corrected chi connectivity index (χ0v) is 10.9. The van der Waals surface area contributed by atoms with Gasteiger partial charge in [0.15, 0.2) is 0 Å². The maximum atomic E-state index is 9.33. The lowest BCUT2D eigenvalue weighted by Crippen LogP contribution is -2.03. The van der Waals surface area contributed by atoms with Crippen LogP contribution in [0.25, 0.3) is 22.3 Å². The molecule has 0 saturated heterocycles. The zero-order chi connectivity index (χ0) is 14.1. The molecule has 0 unspecified atom stereocenters. The summed E-state index contributed by atoms with van der Waals surface area (Å²) in [5.74, 6) is 0.775. The van der Waals surface area contributed by atoms with Crippen molar-refractivity contribution in [2.24, 2.45) is 5.16 Å². The van der Waals surface area contributed by atoms with E-state index in [-0.39, 0.29) is 5.75 Å². The van der Waals surface area contributed by atoms with Gasteiger partial charge >= 0.3 is 0 Å². The number of phenolic OH excluding ortho intramolecular Hbond substituents is 1. The molecular weight excluding hydrogens is 254 g/mol. The van der Waals surface area contributed by atoms with Gasteiger partial charge in [-0.15, -0.1) is 0 Å². The summed E-state index contributed by atoms with van der Waals surface area (Å²) >= 11 is 0. The van der Waals surface area contributed by atoms with Crippen LogP contribution in [0.15, 0.2) is 58.1 Å². The number of benzene rings is 2. The average Bonchev–Trinajstić information content (AvgIpc) is 2.47. The van der Waals surface area contributed by atoms with Crippen molar-refractivity contribution in [3.05, 3.63) is 59.5 Å². The molecule has 100 valence electrons. The van der Waals surface area contributed by atoms with Crippen molar-refractivity contribution in [1.29, 1.82) is 0 Å². The summed E-state index contributed by atoms with van der Waals surface area (Å²) < 4.78 is 5.91. The molecule has 3 rings (SSSR count). The van der Waals surface area contributed by atoms with Crippen LogP contribution in [0.1, 0.15) is 5.56 Å². The quantitative estimate of drug-likeness (QED) is 0.524. The lowest BCUT2D eigenvalue weighted by atomic mass is 10.1. The number of hydrogen-bond donors (Lipinski definition) is 2. The molecule has 0 spiro atoms. The summed E-state index contributed by atoms with van der Waals surface area (Å²) in [6.07, 6.45) is 0. The molecule has 0 aliphatic carbocycles. The third-order valence-electron chi connectivity index (χ3n) is 3.23. The lowest BCUT2D eigenvalue weighted by molar-refractivity contribution is 0.302. The second-order valence-electron chi connectivity index (χ2n) is 4.59. The minimum atomic E-state index is 0.192. The number of aromatic hydroxyl groups is 1. The van der Waals surface area contributed by atoms with Crippen molar-refractivity contribution >= 4 is 11.0 Å². The fraction of sp³-hybridized carbons (Fsp3) is 0.0625. The Morgan fingerprint density at radius 3 is 2.50 bits per heavy atom. The maximum absolute atomic E-state index is 9.33. The number of rotatable bonds is 1. The van der Waals surface area contributed by atoms with E-state index in [4.69, 9.17) is 4.42 Å². The summed E-state index contributed by atoms with van der Waals surface area (Å²) in [4.78, 5) is 0. The third kappa shape index (κ3) is 2.01. The van der Waals surface area contributed by atoms with Gasteiger partial charge in [-0.1, -0.05) is 17.3 Å². The van der Waals surface area contributed by atoms with E-state index in [9.17, 15) is 10.3 Å². The summed E-state index contributed by atoms with van der Waals surface area (Å²) in [6, 6.07) is 14.0. The predicted octanol–water partition coefficient (Wildman–Crippen LogP) is 3.40. The fourth-order valence-electron chi connectivity index (χ4n) is 2.18. The number of hydrogen-bond acceptors (Lipinski definition) is 4. The Hall–Kier alpha value is -2.75. The van der Waals surface area contributed by atoms with Gasteiger partial charge in [-0.3, -0.25) is 0 Å². The molecule has 0 amide bonds. The highest BCUT2D eigenvalue weighted by Gasteiger charge is 2.07. The molecule has 1 aromatic heterocycles. The van der Waals surface area contributed by atoms with Crippen molar-refractivity contribution in [2.75, 3.05) is 0 Å². The van der Waals surface area contributed by atoms with Gasteiger partial charge in [0, 0.05) is 17.0 Å². The predicted molar refractivity (Wildman–Crippen MR) is 75.4 cm³/mol. The monoisotopic (exact) mass is 267 g/mol. The first-order valence-electron chi connectivity index (χ1n) is 6.20. The second-order valence-corrected chi connectivity index (χ2v) is 4.59. The first-order chi connectivity index (χ1) is 9.69. The molecule has 20 heavy (non-hydrogen) atoms. The van der Waals surface area contributed by atoms with Gasteiger partial charge < -0.3 is 14.7 Å². The van der Waals surface area contributed by atoms with E-state index in [1.165, 1.54) is 0 Å². The topological polar surface area (TPSA) is 66.0 Å². The van der Waals surface area contributed by atoms with Crippen molar-refractivity contribution in [3.8, 4) is 17.1 Å². The molecule has 0 aliphatic rings. The highest BCUT2D eigenvalue weighted by molar-refractivity contribution is 5.81. The molecule has 0 fully saturated rings. The van der Waals surface area contributed by atoms with Crippen molar-refractivity contribution < 1.29 is 14.7 Å². The maximum Gasteiger partial charge on any atom is 0.139 e. The van der Waals surface area contributed by atoms with E-state index in [1.807, 2.05) is 25.1 Å². The highest BCUT2D eigenvalue weighted by Crippen LogP contribution is 2.25. The van der Waals surface area contributed by atoms with Crippen LogP contribution in [0, 0.1) is 6.92 Å². The highest BCUT2D eigenvalue weighted by atomic mass is 16.4. The van der Waals surface area contributed by atoms with Crippen LogP contribution in [-0.2, 0) is 0 Å². The normalized spacial score (nSPS) is 11.9. The number of aryl methyl sites for hydroxylation is 1. The molecule has 0 bridgehead atoms. The molecule has 4 nitrogen and oxygen atoms in total. The van der Waals surface area contributed by atoms with Gasteiger partial charge in [0.05, 0.1) is 0 Å². The first-order valence-corrected chi connectivity index (χ1v) is 6.20. The zero-order valence-electron chi connectivity index (χ0n) is 10.9. The molecule has 0 radical (unpaired) electrons. The Labute approximate surface area is 115 Å². The first kappa shape index (κ1) is 12.3. The average molecular weight is 267 g/mol. The second kappa shape index (κ2) is 4.74. The van der Waals surface area contributed by atoms with E-state index >= 15 is 0 Å². The fourth-order valence-corrected chi connectivity index (χ4v) is 2.18. The Morgan fingerprint density at radius 1 is 1.05 bits per heavy atom. The van der Waals surface area contributed by atoms with Crippen LogP contribution in [0.4, 0.5) is 0 Å². The minimum Gasteiger partial charge on any atom is -0.508 e. The summed E-state index contributed by atoms with van der Waals surface area (Å²) in [5, 5.41) is 23.1. The van der Waals surface area contributed by atoms with E-state index < -0.39 is 0 Å².